The Hall–Kier alpha value is -4.37. The van der Waals surface area contributed by atoms with Crippen molar-refractivity contribution in [1.82, 2.24) is 15.0 Å². The molecule has 3 N–H and O–H groups in total. The van der Waals surface area contributed by atoms with E-state index in [1.807, 2.05) is 18.2 Å². The summed E-state index contributed by atoms with van der Waals surface area (Å²) in [5.41, 5.74) is 2.97. The fourth-order valence-electron chi connectivity index (χ4n) is 3.66. The Balaban J connectivity index is 1.39. The van der Waals surface area contributed by atoms with Crippen LogP contribution >= 0.6 is 11.6 Å². The molecule has 0 atom stereocenters. The van der Waals surface area contributed by atoms with Crippen LogP contribution in [0.5, 0.6) is 0 Å². The number of carbonyl (C=O) groups excluding carboxylic acids is 1. The highest BCUT2D eigenvalue weighted by Gasteiger charge is 2.30. The van der Waals surface area contributed by atoms with E-state index >= 15 is 0 Å². The number of nitrogens with one attached hydrogen (secondary N) is 3. The molecule has 0 aliphatic rings. The predicted octanol–water partition coefficient (Wildman–Crippen LogP) is 7.29. The largest absolute Gasteiger partial charge is 0.416 e. The third-order valence-electron chi connectivity index (χ3n) is 5.35. The lowest BCUT2D eigenvalue weighted by molar-refractivity contribution is -0.137. The molecule has 0 fully saturated rings. The Kier molecular flexibility index (Phi) is 6.07. The number of aromatic nitrogens is 3. The number of aromatic amines is 1. The second-order valence-electron chi connectivity index (χ2n) is 7.88. The number of benzene rings is 3. The summed E-state index contributed by atoms with van der Waals surface area (Å²) in [5, 5.41) is 6.36. The van der Waals surface area contributed by atoms with Crippen LogP contribution in [0.2, 0.25) is 5.02 Å². The molecule has 0 aliphatic heterocycles. The van der Waals surface area contributed by atoms with E-state index in [0.29, 0.717) is 33.6 Å². The molecule has 0 saturated carbocycles. The fourth-order valence-corrected chi connectivity index (χ4v) is 3.79. The van der Waals surface area contributed by atoms with Gasteiger partial charge in [-0.15, -0.1) is 0 Å². The Bertz CT molecular complexity index is 1560. The number of halogens is 4. The third kappa shape index (κ3) is 5.01. The van der Waals surface area contributed by atoms with Crippen LogP contribution in [-0.4, -0.2) is 20.9 Å². The number of H-pyrrole nitrogens is 1. The van der Waals surface area contributed by atoms with Crippen LogP contribution in [0.25, 0.3) is 22.3 Å². The summed E-state index contributed by atoms with van der Waals surface area (Å²) in [5.74, 6) is -0.332. The molecule has 2 aromatic heterocycles. The van der Waals surface area contributed by atoms with Gasteiger partial charge in [0.05, 0.1) is 22.3 Å². The van der Waals surface area contributed by atoms with Gasteiger partial charge in [-0.05, 0) is 54.6 Å². The SMILES string of the molecule is O=C(Nc1cccc(Nc2nc(-c3ccc(Cl)cc3)c3[nH]ccc3n2)c1)c1cccc(C(F)(F)F)c1. The highest BCUT2D eigenvalue weighted by Crippen LogP contribution is 2.30. The highest BCUT2D eigenvalue weighted by atomic mass is 35.5. The van der Waals surface area contributed by atoms with Gasteiger partial charge < -0.3 is 15.6 Å². The van der Waals surface area contributed by atoms with Gasteiger partial charge in [0.15, 0.2) is 0 Å². The fraction of sp³-hybridized carbons (Fsp3) is 0.0385. The molecule has 6 nitrogen and oxygen atoms in total. The number of anilines is 3. The molecule has 0 saturated heterocycles. The van der Waals surface area contributed by atoms with Gasteiger partial charge in [0, 0.05) is 33.7 Å². The molecular formula is C26H17ClF3N5O. The number of alkyl halides is 3. The van der Waals surface area contributed by atoms with Crippen LogP contribution in [0.4, 0.5) is 30.5 Å². The minimum atomic E-state index is -4.54. The normalized spacial score (nSPS) is 11.4. The lowest BCUT2D eigenvalue weighted by atomic mass is 10.1. The molecule has 36 heavy (non-hydrogen) atoms. The van der Waals surface area contributed by atoms with Crippen molar-refractivity contribution in [2.24, 2.45) is 0 Å². The number of hydrogen-bond donors (Lipinski definition) is 3. The average molecular weight is 508 g/mol. The minimum Gasteiger partial charge on any atom is -0.358 e. The first-order valence-corrected chi connectivity index (χ1v) is 11.1. The van der Waals surface area contributed by atoms with E-state index in [4.69, 9.17) is 11.6 Å². The summed E-state index contributed by atoms with van der Waals surface area (Å²) in [6, 6.07) is 20.1. The lowest BCUT2D eigenvalue weighted by Gasteiger charge is -2.11. The van der Waals surface area contributed by atoms with E-state index in [9.17, 15) is 18.0 Å². The van der Waals surface area contributed by atoms with Crippen LogP contribution in [0.15, 0.2) is 85.1 Å². The summed E-state index contributed by atoms with van der Waals surface area (Å²) in [4.78, 5) is 24.9. The van der Waals surface area contributed by atoms with Gasteiger partial charge >= 0.3 is 6.18 Å². The quantitative estimate of drug-likeness (QED) is 0.233. The van der Waals surface area contributed by atoms with Gasteiger partial charge in [0.25, 0.3) is 5.91 Å². The number of nitrogens with zero attached hydrogens (tertiary/aromatic N) is 2. The molecule has 3 aromatic carbocycles. The van der Waals surface area contributed by atoms with E-state index in [1.54, 1.807) is 42.6 Å². The van der Waals surface area contributed by atoms with Crippen LogP contribution < -0.4 is 10.6 Å². The summed E-state index contributed by atoms with van der Waals surface area (Å²) in [7, 11) is 0. The van der Waals surface area contributed by atoms with Gasteiger partial charge in [-0.3, -0.25) is 4.79 Å². The second-order valence-corrected chi connectivity index (χ2v) is 8.32. The van der Waals surface area contributed by atoms with Gasteiger partial charge in [-0.1, -0.05) is 35.9 Å². The van der Waals surface area contributed by atoms with E-state index in [2.05, 4.69) is 25.6 Å². The second kappa shape index (κ2) is 9.35. The maximum absolute atomic E-state index is 13.0. The van der Waals surface area contributed by atoms with Gasteiger partial charge in [0.1, 0.15) is 0 Å². The summed E-state index contributed by atoms with van der Waals surface area (Å²) >= 11 is 6.02. The van der Waals surface area contributed by atoms with Gasteiger partial charge in [0.2, 0.25) is 5.95 Å². The van der Waals surface area contributed by atoms with Crippen molar-refractivity contribution in [2.45, 2.75) is 6.18 Å². The Morgan fingerprint density at radius 2 is 1.64 bits per heavy atom. The standard InChI is InChI=1S/C26H17ClF3N5O/c27-18-9-7-15(8-10-18)22-23-21(11-12-31-23)34-25(35-22)33-20-6-2-5-19(14-20)32-24(36)16-3-1-4-17(13-16)26(28,29)30/h1-14,31H,(H,32,36)(H,33,34,35). The first-order valence-electron chi connectivity index (χ1n) is 10.7. The van der Waals surface area contributed by atoms with Crippen molar-refractivity contribution in [3.63, 3.8) is 0 Å². The van der Waals surface area contributed by atoms with Crippen LogP contribution in [0, 0.1) is 0 Å². The van der Waals surface area contributed by atoms with Crippen molar-refractivity contribution in [3.8, 4) is 11.3 Å². The smallest absolute Gasteiger partial charge is 0.358 e. The van der Waals surface area contributed by atoms with Crippen LogP contribution in [0.1, 0.15) is 15.9 Å². The molecule has 0 unspecified atom stereocenters. The predicted molar refractivity (Wildman–Crippen MR) is 133 cm³/mol. The summed E-state index contributed by atoms with van der Waals surface area (Å²) < 4.78 is 39.0. The summed E-state index contributed by atoms with van der Waals surface area (Å²) in [6.45, 7) is 0. The molecular weight excluding hydrogens is 491 g/mol. The Labute approximate surface area is 208 Å². The Morgan fingerprint density at radius 1 is 0.889 bits per heavy atom. The maximum Gasteiger partial charge on any atom is 0.416 e. The monoisotopic (exact) mass is 507 g/mol. The van der Waals surface area contributed by atoms with Crippen molar-refractivity contribution in [3.05, 3.63) is 101 Å². The molecule has 0 aliphatic carbocycles. The highest BCUT2D eigenvalue weighted by molar-refractivity contribution is 6.30. The summed E-state index contributed by atoms with van der Waals surface area (Å²) in [6.07, 6.45) is -2.77. The first kappa shape index (κ1) is 23.4. The lowest BCUT2D eigenvalue weighted by Crippen LogP contribution is -2.14. The molecule has 180 valence electrons. The number of hydrogen-bond acceptors (Lipinski definition) is 4. The van der Waals surface area contributed by atoms with E-state index in [1.165, 1.54) is 12.1 Å². The van der Waals surface area contributed by atoms with Crippen LogP contribution in [0.3, 0.4) is 0 Å². The van der Waals surface area contributed by atoms with Gasteiger partial charge in [-0.25, -0.2) is 9.97 Å². The molecule has 0 bridgehead atoms. The van der Waals surface area contributed by atoms with Crippen LogP contribution in [-0.2, 0) is 6.18 Å². The number of carbonyl (C=O) groups is 1. The third-order valence-corrected chi connectivity index (χ3v) is 5.60. The zero-order valence-electron chi connectivity index (χ0n) is 18.4. The topological polar surface area (TPSA) is 82.7 Å². The minimum absolute atomic E-state index is 0.1000. The zero-order chi connectivity index (χ0) is 25.3. The van der Waals surface area contributed by atoms with E-state index in [-0.39, 0.29) is 5.56 Å². The van der Waals surface area contributed by atoms with Crippen molar-refractivity contribution in [2.75, 3.05) is 10.6 Å². The van der Waals surface area contributed by atoms with E-state index < -0.39 is 17.6 Å². The molecule has 0 spiro atoms. The Morgan fingerprint density at radius 3 is 2.42 bits per heavy atom. The van der Waals surface area contributed by atoms with Crippen molar-refractivity contribution in [1.29, 1.82) is 0 Å². The molecule has 5 rings (SSSR count). The van der Waals surface area contributed by atoms with Crippen molar-refractivity contribution < 1.29 is 18.0 Å². The average Bonchev–Trinajstić information content (AvgIpc) is 3.33. The van der Waals surface area contributed by atoms with E-state index in [0.717, 1.165) is 23.2 Å². The van der Waals surface area contributed by atoms with Crippen molar-refractivity contribution >= 4 is 45.9 Å². The zero-order valence-corrected chi connectivity index (χ0v) is 19.2. The molecule has 0 radical (unpaired) electrons. The number of rotatable bonds is 5. The molecule has 2 heterocycles. The molecule has 5 aromatic rings. The van der Waals surface area contributed by atoms with Gasteiger partial charge in [-0.2, -0.15) is 13.2 Å². The number of amides is 1. The number of fused-ring (bicyclic) bond motifs is 1. The molecule has 1 amide bonds. The molecule has 10 heteroatoms. The maximum atomic E-state index is 13.0. The first-order chi connectivity index (χ1) is 17.3.